The minimum atomic E-state index is -0.351. The van der Waals surface area contributed by atoms with Gasteiger partial charge >= 0.3 is 0 Å². The van der Waals surface area contributed by atoms with Gasteiger partial charge in [-0.1, -0.05) is 44.6 Å². The summed E-state index contributed by atoms with van der Waals surface area (Å²) >= 11 is 1.76. The van der Waals surface area contributed by atoms with E-state index in [9.17, 15) is 15.2 Å². The third kappa shape index (κ3) is 5.76. The zero-order chi connectivity index (χ0) is 30.8. The average Bonchev–Trinajstić information content (AvgIpc) is 3.65. The standard InChI is InChI=1S/C36H41N3O3S/c1-6-37-30-20-18-27(39(41)42)25-29(30)36(4,5)33(37)15-9-7-10-16-34-35(2,3)28-24-26(32-14-13-23-43-32)17-19-31(28)38(34)21-11-8-12-22-40/h7,9-10,13-20,23-25H,6,8,11-12,21-22H2,1-5H3. The molecule has 0 aliphatic carbocycles. The molecule has 0 N–H and O–H groups in total. The first-order valence-electron chi connectivity index (χ1n) is 15.1. The Morgan fingerprint density at radius 3 is 2.47 bits per heavy atom. The zero-order valence-electron chi connectivity index (χ0n) is 25.8. The molecule has 3 aromatic rings. The lowest BCUT2D eigenvalue weighted by atomic mass is 9.80. The molecule has 2 aliphatic rings. The first kappa shape index (κ1) is 30.6. The fourth-order valence-corrected chi connectivity index (χ4v) is 7.26. The number of allylic oxidation sites excluding steroid dienone is 6. The molecule has 0 atom stereocenters. The van der Waals surface area contributed by atoms with Crippen LogP contribution in [0.2, 0.25) is 0 Å². The summed E-state index contributed by atoms with van der Waals surface area (Å²) in [5.41, 5.74) is 7.80. The second kappa shape index (κ2) is 12.4. The highest BCUT2D eigenvalue weighted by atomic mass is 32.1. The topological polar surface area (TPSA) is 72.5 Å². The second-order valence-corrected chi connectivity index (χ2v) is 13.2. The van der Waals surface area contributed by atoms with Crippen LogP contribution in [0.3, 0.4) is 0 Å². The summed E-state index contributed by atoms with van der Waals surface area (Å²) in [5.74, 6) is 0. The highest BCUT2D eigenvalue weighted by Gasteiger charge is 2.44. The summed E-state index contributed by atoms with van der Waals surface area (Å²) in [4.78, 5) is 14.6. The van der Waals surface area contributed by atoms with Crippen LogP contribution in [0.5, 0.6) is 0 Å². The van der Waals surface area contributed by atoms with Crippen LogP contribution in [0.15, 0.2) is 90.0 Å². The Bertz CT molecular complexity index is 1630. The SMILES string of the molecule is CCN1/C(=C/C=C/C=C/C2=[N+](CCCCC[O-])c3ccc(-c4cccs4)cc3C2(C)C)C(C)(C)c2cc([N+](=O)[O-])ccc21. The van der Waals surface area contributed by atoms with Crippen molar-refractivity contribution in [3.8, 4) is 10.4 Å². The van der Waals surface area contributed by atoms with E-state index < -0.39 is 0 Å². The summed E-state index contributed by atoms with van der Waals surface area (Å²) in [5, 5.41) is 24.6. The van der Waals surface area contributed by atoms with Crippen LogP contribution in [0.4, 0.5) is 17.1 Å². The van der Waals surface area contributed by atoms with Gasteiger partial charge in [-0.25, -0.2) is 0 Å². The highest BCUT2D eigenvalue weighted by Crippen LogP contribution is 2.48. The molecule has 0 saturated heterocycles. The molecular weight excluding hydrogens is 554 g/mol. The van der Waals surface area contributed by atoms with Crippen LogP contribution < -0.4 is 10.0 Å². The summed E-state index contributed by atoms with van der Waals surface area (Å²) < 4.78 is 2.43. The molecule has 1 aromatic heterocycles. The van der Waals surface area contributed by atoms with E-state index in [1.54, 1.807) is 23.5 Å². The van der Waals surface area contributed by atoms with Crippen molar-refractivity contribution in [1.82, 2.24) is 0 Å². The zero-order valence-corrected chi connectivity index (χ0v) is 26.6. The molecule has 0 bridgehead atoms. The number of non-ortho nitro benzene ring substituents is 1. The first-order valence-corrected chi connectivity index (χ1v) is 16.0. The summed E-state index contributed by atoms with van der Waals surface area (Å²) in [6.45, 7) is 12.6. The van der Waals surface area contributed by atoms with Crippen LogP contribution >= 0.6 is 11.3 Å². The van der Waals surface area contributed by atoms with Crippen molar-refractivity contribution < 1.29 is 14.6 Å². The van der Waals surface area contributed by atoms with E-state index in [1.165, 1.54) is 27.4 Å². The molecule has 3 heterocycles. The minimum Gasteiger partial charge on any atom is -0.854 e. The second-order valence-electron chi connectivity index (χ2n) is 12.3. The first-order chi connectivity index (χ1) is 20.6. The Hall–Kier alpha value is -3.81. The molecule has 0 fully saturated rings. The number of benzene rings is 2. The van der Waals surface area contributed by atoms with Crippen LogP contribution in [0.1, 0.15) is 65.0 Å². The molecule has 0 radical (unpaired) electrons. The predicted molar refractivity (Wildman–Crippen MR) is 177 cm³/mol. The maximum Gasteiger partial charge on any atom is 0.269 e. The molecule has 7 heteroatoms. The number of fused-ring (bicyclic) bond motifs is 2. The monoisotopic (exact) mass is 595 g/mol. The van der Waals surface area contributed by atoms with Crippen molar-refractivity contribution in [2.45, 2.75) is 64.7 Å². The lowest BCUT2D eigenvalue weighted by Crippen LogP contribution is -2.28. The van der Waals surface area contributed by atoms with E-state index >= 15 is 0 Å². The number of likely N-dealkylation sites (N-methyl/N-ethyl adjacent to an activating group) is 1. The molecule has 2 aromatic carbocycles. The van der Waals surface area contributed by atoms with Crippen molar-refractivity contribution >= 4 is 34.1 Å². The van der Waals surface area contributed by atoms with Crippen molar-refractivity contribution in [3.05, 3.63) is 111 Å². The molecular formula is C36H41N3O3S. The average molecular weight is 596 g/mol. The predicted octanol–water partition coefficient (Wildman–Crippen LogP) is 8.04. The molecule has 6 nitrogen and oxygen atoms in total. The number of hydrogen-bond acceptors (Lipinski definition) is 5. The fraction of sp³-hybridized carbons (Fsp3) is 0.361. The van der Waals surface area contributed by atoms with Gasteiger partial charge in [0.2, 0.25) is 5.69 Å². The van der Waals surface area contributed by atoms with Crippen molar-refractivity contribution in [1.29, 1.82) is 0 Å². The number of unbranched alkanes of at least 4 members (excludes halogenated alkanes) is 2. The van der Waals surface area contributed by atoms with Gasteiger partial charge < -0.3 is 10.0 Å². The van der Waals surface area contributed by atoms with Crippen molar-refractivity contribution in [2.24, 2.45) is 0 Å². The van der Waals surface area contributed by atoms with Gasteiger partial charge in [-0.15, -0.1) is 17.9 Å². The Kier molecular flexibility index (Phi) is 8.86. The van der Waals surface area contributed by atoms with E-state index in [1.807, 2.05) is 6.07 Å². The summed E-state index contributed by atoms with van der Waals surface area (Å²) in [6.07, 6.45) is 13.2. The van der Waals surface area contributed by atoms with Crippen LogP contribution in [-0.2, 0) is 10.8 Å². The maximum atomic E-state index is 11.4. The number of nitrogens with zero attached hydrogens (tertiary/aromatic N) is 3. The summed E-state index contributed by atoms with van der Waals surface area (Å²) in [6, 6.07) is 16.3. The molecule has 0 saturated carbocycles. The Morgan fingerprint density at radius 2 is 1.77 bits per heavy atom. The van der Waals surface area contributed by atoms with Crippen molar-refractivity contribution in [2.75, 3.05) is 24.6 Å². The lowest BCUT2D eigenvalue weighted by molar-refractivity contribution is -0.438. The third-order valence-corrected chi connectivity index (χ3v) is 9.78. The van der Waals surface area contributed by atoms with Gasteiger partial charge in [0, 0.05) is 64.5 Å². The normalized spacial score (nSPS) is 17.9. The molecule has 2 aliphatic heterocycles. The summed E-state index contributed by atoms with van der Waals surface area (Å²) in [7, 11) is 0. The minimum absolute atomic E-state index is 0.0166. The van der Waals surface area contributed by atoms with Gasteiger partial charge in [-0.05, 0) is 74.0 Å². The molecule has 43 heavy (non-hydrogen) atoms. The Labute approximate surface area is 259 Å². The maximum absolute atomic E-state index is 11.4. The molecule has 224 valence electrons. The van der Waals surface area contributed by atoms with Gasteiger partial charge in [-0.3, -0.25) is 10.1 Å². The number of nitro groups is 1. The van der Waals surface area contributed by atoms with E-state index in [0.717, 1.165) is 42.9 Å². The number of nitro benzene ring substituents is 1. The van der Waals surface area contributed by atoms with Gasteiger partial charge in [0.1, 0.15) is 6.54 Å². The number of thiophene rings is 1. The Balaban J connectivity index is 1.43. The van der Waals surface area contributed by atoms with Gasteiger partial charge in [0.25, 0.3) is 5.69 Å². The number of rotatable bonds is 11. The van der Waals surface area contributed by atoms with Crippen LogP contribution in [0.25, 0.3) is 10.4 Å². The Morgan fingerprint density at radius 1 is 0.953 bits per heavy atom. The number of anilines is 1. The molecule has 0 amide bonds. The molecule has 0 spiro atoms. The van der Waals surface area contributed by atoms with Crippen LogP contribution in [0, 0.1) is 10.1 Å². The van der Waals surface area contributed by atoms with E-state index in [4.69, 9.17) is 0 Å². The number of hydrogen-bond donors (Lipinski definition) is 0. The van der Waals surface area contributed by atoms with Gasteiger partial charge in [0.05, 0.1) is 10.3 Å². The van der Waals surface area contributed by atoms with E-state index in [-0.39, 0.29) is 28.0 Å². The third-order valence-electron chi connectivity index (χ3n) is 8.86. The largest absolute Gasteiger partial charge is 0.854 e. The van der Waals surface area contributed by atoms with Crippen molar-refractivity contribution in [3.63, 3.8) is 0 Å². The lowest BCUT2D eigenvalue weighted by Gasteiger charge is -2.25. The highest BCUT2D eigenvalue weighted by molar-refractivity contribution is 7.13. The van der Waals surface area contributed by atoms with E-state index in [2.05, 4.69) is 110 Å². The van der Waals surface area contributed by atoms with Gasteiger partial charge in [0.15, 0.2) is 5.71 Å². The van der Waals surface area contributed by atoms with E-state index in [0.29, 0.717) is 6.42 Å². The molecule has 5 rings (SSSR count). The quantitative estimate of drug-likeness (QED) is 0.0739. The fourth-order valence-electron chi connectivity index (χ4n) is 6.54. The van der Waals surface area contributed by atoms with Crippen LogP contribution in [-0.4, -0.2) is 34.9 Å². The smallest absolute Gasteiger partial charge is 0.269 e. The molecule has 0 unspecified atom stereocenters. The van der Waals surface area contributed by atoms with Gasteiger partial charge in [-0.2, -0.15) is 4.58 Å².